The summed E-state index contributed by atoms with van der Waals surface area (Å²) in [6, 6.07) is 17.9. The van der Waals surface area contributed by atoms with Crippen LogP contribution in [0, 0.1) is 13.8 Å². The third kappa shape index (κ3) is 8.26. The fourth-order valence-corrected chi connectivity index (χ4v) is 6.46. The topological polar surface area (TPSA) is 96.6 Å². The Hall–Kier alpha value is -4.36. The highest BCUT2D eigenvalue weighted by Crippen LogP contribution is 2.36. The molecule has 2 aromatic heterocycles. The van der Waals surface area contributed by atoms with Crippen molar-refractivity contribution in [2.45, 2.75) is 57.2 Å². The first-order valence-corrected chi connectivity index (χ1v) is 16.1. The van der Waals surface area contributed by atoms with Gasteiger partial charge in [-0.15, -0.1) is 23.1 Å². The molecule has 46 heavy (non-hydrogen) atoms. The van der Waals surface area contributed by atoms with Crippen LogP contribution in [0.4, 0.5) is 13.2 Å². The standard InChI is InChI=1S/C33H30F3N3O5S2/c1-5-41-32(40)20(3)43-28-15-14-26(16-19(28)2)45-18-29-27(38-31(46-29)23-6-10-24(11-7-23)33(34,35)36)17-42-25-12-8-22(9-13-25)30-37-21(4)44-39-30/h6-16,20H,5,17-18H2,1-4H3. The van der Waals surface area contributed by atoms with Crippen molar-refractivity contribution in [3.63, 3.8) is 0 Å². The average molecular weight is 670 g/mol. The predicted molar refractivity (Wildman–Crippen MR) is 169 cm³/mol. The number of thiazole rings is 1. The summed E-state index contributed by atoms with van der Waals surface area (Å²) < 4.78 is 61.4. The first kappa shape index (κ1) is 33.0. The van der Waals surface area contributed by atoms with Gasteiger partial charge in [-0.3, -0.25) is 0 Å². The van der Waals surface area contributed by atoms with Gasteiger partial charge in [0.2, 0.25) is 11.7 Å². The fourth-order valence-electron chi connectivity index (χ4n) is 4.29. The molecule has 240 valence electrons. The molecule has 5 aromatic rings. The number of aryl methyl sites for hydroxylation is 2. The number of ether oxygens (including phenoxy) is 3. The first-order valence-electron chi connectivity index (χ1n) is 14.3. The van der Waals surface area contributed by atoms with Crippen LogP contribution in [-0.2, 0) is 28.1 Å². The van der Waals surface area contributed by atoms with Crippen LogP contribution in [0.2, 0.25) is 0 Å². The second-order valence-electron chi connectivity index (χ2n) is 10.1. The van der Waals surface area contributed by atoms with Gasteiger partial charge in [-0.1, -0.05) is 17.3 Å². The monoisotopic (exact) mass is 669 g/mol. The van der Waals surface area contributed by atoms with Crippen LogP contribution in [0.3, 0.4) is 0 Å². The molecule has 0 spiro atoms. The third-order valence-electron chi connectivity index (χ3n) is 6.69. The Morgan fingerprint density at radius 3 is 2.35 bits per heavy atom. The van der Waals surface area contributed by atoms with E-state index in [-0.39, 0.29) is 13.2 Å². The van der Waals surface area contributed by atoms with Crippen molar-refractivity contribution >= 4 is 29.1 Å². The molecular formula is C33H30F3N3O5S2. The van der Waals surface area contributed by atoms with Crippen molar-refractivity contribution in [2.75, 3.05) is 6.61 Å². The molecule has 0 N–H and O–H groups in total. The number of carbonyl (C=O) groups excluding carboxylic acids is 1. The lowest BCUT2D eigenvalue weighted by Gasteiger charge is -2.15. The minimum atomic E-state index is -4.42. The van der Waals surface area contributed by atoms with Crippen LogP contribution >= 0.6 is 23.1 Å². The molecule has 0 aliphatic heterocycles. The van der Waals surface area contributed by atoms with Crippen LogP contribution in [0.1, 0.15) is 41.4 Å². The van der Waals surface area contributed by atoms with Gasteiger partial charge in [-0.05, 0) is 80.9 Å². The van der Waals surface area contributed by atoms with Gasteiger partial charge in [-0.25, -0.2) is 9.78 Å². The second-order valence-corrected chi connectivity index (χ2v) is 12.3. The minimum absolute atomic E-state index is 0.158. The summed E-state index contributed by atoms with van der Waals surface area (Å²) in [5, 5.41) is 4.52. The van der Waals surface area contributed by atoms with Crippen molar-refractivity contribution in [1.82, 2.24) is 15.1 Å². The maximum atomic E-state index is 13.1. The lowest BCUT2D eigenvalue weighted by molar-refractivity contribution is -0.150. The fraction of sp³-hybridized carbons (Fsp3) is 0.273. The smallest absolute Gasteiger partial charge is 0.416 e. The molecule has 13 heteroatoms. The Balaban J connectivity index is 1.32. The molecule has 1 atom stereocenters. The van der Waals surface area contributed by atoms with E-state index < -0.39 is 23.8 Å². The van der Waals surface area contributed by atoms with Gasteiger partial charge in [0.15, 0.2) is 6.10 Å². The number of aromatic nitrogens is 3. The Kier molecular flexibility index (Phi) is 10.3. The van der Waals surface area contributed by atoms with E-state index in [9.17, 15) is 18.0 Å². The van der Waals surface area contributed by atoms with Crippen molar-refractivity contribution in [2.24, 2.45) is 0 Å². The van der Waals surface area contributed by atoms with E-state index >= 15 is 0 Å². The number of alkyl halides is 3. The summed E-state index contributed by atoms with van der Waals surface area (Å²) in [7, 11) is 0. The molecule has 0 aliphatic rings. The summed E-state index contributed by atoms with van der Waals surface area (Å²) in [6.45, 7) is 7.44. The molecule has 5 rings (SSSR count). The zero-order valence-electron chi connectivity index (χ0n) is 25.4. The van der Waals surface area contributed by atoms with Crippen LogP contribution < -0.4 is 9.47 Å². The van der Waals surface area contributed by atoms with E-state index in [2.05, 4.69) is 10.1 Å². The van der Waals surface area contributed by atoms with Crippen LogP contribution in [0.5, 0.6) is 11.5 Å². The third-order valence-corrected chi connectivity index (χ3v) is 9.04. The highest BCUT2D eigenvalue weighted by molar-refractivity contribution is 7.98. The number of nitrogens with zero attached hydrogens (tertiary/aromatic N) is 3. The van der Waals surface area contributed by atoms with Crippen molar-refractivity contribution in [3.05, 3.63) is 94.3 Å². The van der Waals surface area contributed by atoms with E-state index in [4.69, 9.17) is 23.7 Å². The Labute approximate surface area is 271 Å². The molecule has 1 unspecified atom stereocenters. The number of benzene rings is 3. The Bertz CT molecular complexity index is 1790. The summed E-state index contributed by atoms with van der Waals surface area (Å²) >= 11 is 2.99. The van der Waals surface area contributed by atoms with Crippen molar-refractivity contribution < 1.29 is 36.7 Å². The van der Waals surface area contributed by atoms with Gasteiger partial charge in [0.1, 0.15) is 23.1 Å². The van der Waals surface area contributed by atoms with E-state index in [1.54, 1.807) is 44.7 Å². The molecule has 0 amide bonds. The van der Waals surface area contributed by atoms with Gasteiger partial charge in [0, 0.05) is 33.6 Å². The summed E-state index contributed by atoms with van der Waals surface area (Å²) in [4.78, 5) is 22.9. The highest BCUT2D eigenvalue weighted by Gasteiger charge is 2.30. The van der Waals surface area contributed by atoms with E-state index in [1.165, 1.54) is 23.5 Å². The minimum Gasteiger partial charge on any atom is -0.487 e. The lowest BCUT2D eigenvalue weighted by atomic mass is 10.1. The molecule has 0 radical (unpaired) electrons. The number of rotatable bonds is 12. The molecular weight excluding hydrogens is 640 g/mol. The van der Waals surface area contributed by atoms with Crippen molar-refractivity contribution in [1.29, 1.82) is 0 Å². The summed E-state index contributed by atoms with van der Waals surface area (Å²) in [6.07, 6.45) is -5.16. The number of thioether (sulfide) groups is 1. The van der Waals surface area contributed by atoms with E-state index in [1.807, 2.05) is 37.3 Å². The molecule has 3 aromatic carbocycles. The SMILES string of the molecule is CCOC(=O)C(C)Oc1ccc(SCc2sc(-c3ccc(C(F)(F)F)cc3)nc2COc2ccc(-c3noc(C)n3)cc2)cc1C. The van der Waals surface area contributed by atoms with Crippen LogP contribution in [-0.4, -0.2) is 33.8 Å². The largest absolute Gasteiger partial charge is 0.487 e. The Morgan fingerprint density at radius 1 is 1.00 bits per heavy atom. The average Bonchev–Trinajstić information content (AvgIpc) is 3.66. The van der Waals surface area contributed by atoms with E-state index in [0.717, 1.165) is 33.0 Å². The van der Waals surface area contributed by atoms with Crippen LogP contribution in [0.15, 0.2) is 76.1 Å². The number of hydrogen-bond donors (Lipinski definition) is 0. The summed E-state index contributed by atoms with van der Waals surface area (Å²) in [5.74, 6) is 2.26. The van der Waals surface area contributed by atoms with Crippen molar-refractivity contribution in [3.8, 4) is 33.5 Å². The van der Waals surface area contributed by atoms with Gasteiger partial charge >= 0.3 is 12.1 Å². The molecule has 0 aliphatic carbocycles. The molecule has 0 saturated carbocycles. The number of halogens is 3. The molecule has 8 nitrogen and oxygen atoms in total. The molecule has 0 saturated heterocycles. The quantitative estimate of drug-likeness (QED) is 0.0955. The number of carbonyl (C=O) groups is 1. The number of esters is 1. The van der Waals surface area contributed by atoms with Gasteiger partial charge in [-0.2, -0.15) is 18.2 Å². The van der Waals surface area contributed by atoms with Gasteiger partial charge in [0.05, 0.1) is 17.9 Å². The van der Waals surface area contributed by atoms with Gasteiger partial charge < -0.3 is 18.7 Å². The molecule has 0 fully saturated rings. The van der Waals surface area contributed by atoms with Gasteiger partial charge in [0.25, 0.3) is 0 Å². The zero-order valence-corrected chi connectivity index (χ0v) is 27.0. The Morgan fingerprint density at radius 2 is 1.72 bits per heavy atom. The lowest BCUT2D eigenvalue weighted by Crippen LogP contribution is -2.26. The predicted octanol–water partition coefficient (Wildman–Crippen LogP) is 8.70. The molecule has 0 bridgehead atoms. The second kappa shape index (κ2) is 14.4. The first-order chi connectivity index (χ1) is 22.0. The van der Waals surface area contributed by atoms with Crippen LogP contribution in [0.25, 0.3) is 22.0 Å². The van der Waals surface area contributed by atoms with E-state index in [0.29, 0.717) is 45.2 Å². The molecule has 2 heterocycles. The summed E-state index contributed by atoms with van der Waals surface area (Å²) in [5.41, 5.74) is 2.19. The maximum absolute atomic E-state index is 13.1. The zero-order chi connectivity index (χ0) is 32.8. The number of hydrogen-bond acceptors (Lipinski definition) is 10. The highest BCUT2D eigenvalue weighted by atomic mass is 32.2. The maximum Gasteiger partial charge on any atom is 0.416 e. The normalized spacial score (nSPS) is 12.2.